The second kappa shape index (κ2) is 6.68. The average Bonchev–Trinajstić information content (AvgIpc) is 2.82. The molecule has 2 rings (SSSR count). The molecule has 5 heteroatoms. The van der Waals surface area contributed by atoms with Gasteiger partial charge in [-0.05, 0) is 67.8 Å². The van der Waals surface area contributed by atoms with Gasteiger partial charge in [-0.3, -0.25) is 16.2 Å². The van der Waals surface area contributed by atoms with Crippen LogP contribution in [0.4, 0.5) is 0 Å². The lowest BCUT2D eigenvalue weighted by Gasteiger charge is -2.45. The van der Waals surface area contributed by atoms with Gasteiger partial charge in [0.05, 0.1) is 3.79 Å². The fourth-order valence-electron chi connectivity index (χ4n) is 2.87. The maximum Gasteiger partial charge on any atom is 0.0701 e. The summed E-state index contributed by atoms with van der Waals surface area (Å²) < 4.78 is 1.19. The number of piperidine rings is 1. The lowest BCUT2D eigenvalue weighted by atomic mass is 9.88. The van der Waals surface area contributed by atoms with Crippen LogP contribution in [-0.2, 0) is 6.42 Å². The summed E-state index contributed by atoms with van der Waals surface area (Å²) in [6.45, 7) is 7.01. The molecule has 1 aromatic rings. The number of hydrogen-bond donors (Lipinski definition) is 2. The molecule has 19 heavy (non-hydrogen) atoms. The average molecular weight is 346 g/mol. The lowest BCUT2D eigenvalue weighted by molar-refractivity contribution is 0.0613. The monoisotopic (exact) mass is 345 g/mol. The van der Waals surface area contributed by atoms with E-state index in [1.165, 1.54) is 41.0 Å². The Morgan fingerprint density at radius 3 is 2.58 bits per heavy atom. The first-order valence-corrected chi connectivity index (χ1v) is 8.60. The minimum Gasteiger partial charge on any atom is -0.297 e. The van der Waals surface area contributed by atoms with Crippen LogP contribution in [-0.4, -0.2) is 29.6 Å². The second-order valence-corrected chi connectivity index (χ2v) is 8.38. The zero-order chi connectivity index (χ0) is 13.9. The number of nitrogens with one attached hydrogen (secondary N) is 1. The van der Waals surface area contributed by atoms with Gasteiger partial charge in [-0.1, -0.05) is 6.42 Å². The van der Waals surface area contributed by atoms with Gasteiger partial charge in [0, 0.05) is 22.9 Å². The number of nitrogens with zero attached hydrogens (tertiary/aromatic N) is 1. The molecule has 1 fully saturated rings. The van der Waals surface area contributed by atoms with Gasteiger partial charge in [-0.2, -0.15) is 0 Å². The van der Waals surface area contributed by atoms with Crippen molar-refractivity contribution in [2.45, 2.75) is 51.1 Å². The number of halogens is 1. The topological polar surface area (TPSA) is 41.3 Å². The molecule has 1 unspecified atom stereocenters. The maximum atomic E-state index is 5.84. The fourth-order valence-corrected chi connectivity index (χ4v) is 4.39. The molecule has 0 aliphatic carbocycles. The van der Waals surface area contributed by atoms with E-state index in [0.717, 1.165) is 6.42 Å². The Morgan fingerprint density at radius 2 is 2.05 bits per heavy atom. The maximum absolute atomic E-state index is 5.84. The van der Waals surface area contributed by atoms with E-state index < -0.39 is 0 Å². The predicted molar refractivity (Wildman–Crippen MR) is 86.3 cm³/mol. The standard InChI is InChI=1S/C14H24BrN3S/c1-14(2,18-8-4-3-5-9-18)12(17-16)10-11-6-7-13(15)19-11/h6-7,12,17H,3-5,8-10,16H2,1-2H3. The van der Waals surface area contributed by atoms with E-state index in [-0.39, 0.29) is 11.6 Å². The van der Waals surface area contributed by atoms with E-state index in [1.807, 2.05) is 0 Å². The number of nitrogens with two attached hydrogens (primary N) is 1. The quantitative estimate of drug-likeness (QED) is 0.636. The molecule has 1 atom stereocenters. The molecular formula is C14H24BrN3S. The van der Waals surface area contributed by atoms with Gasteiger partial charge in [-0.15, -0.1) is 11.3 Å². The first-order chi connectivity index (χ1) is 9.04. The van der Waals surface area contributed by atoms with Crippen LogP contribution in [0.25, 0.3) is 0 Å². The molecule has 1 aliphatic heterocycles. The van der Waals surface area contributed by atoms with Crippen LogP contribution in [0.3, 0.4) is 0 Å². The summed E-state index contributed by atoms with van der Waals surface area (Å²) >= 11 is 5.32. The molecule has 1 aliphatic rings. The molecule has 1 saturated heterocycles. The summed E-state index contributed by atoms with van der Waals surface area (Å²) in [5.74, 6) is 5.84. The minimum atomic E-state index is 0.0889. The van der Waals surface area contributed by atoms with Crippen LogP contribution in [0.5, 0.6) is 0 Å². The molecule has 108 valence electrons. The molecule has 0 spiro atoms. The highest BCUT2D eigenvalue weighted by molar-refractivity contribution is 9.11. The van der Waals surface area contributed by atoms with Gasteiger partial charge in [0.1, 0.15) is 0 Å². The van der Waals surface area contributed by atoms with Crippen LogP contribution in [0.2, 0.25) is 0 Å². The third-order valence-corrected chi connectivity index (χ3v) is 5.91. The van der Waals surface area contributed by atoms with Crippen molar-refractivity contribution in [2.24, 2.45) is 5.84 Å². The highest BCUT2D eigenvalue weighted by atomic mass is 79.9. The van der Waals surface area contributed by atoms with E-state index in [4.69, 9.17) is 5.84 Å². The molecule has 3 nitrogen and oxygen atoms in total. The number of likely N-dealkylation sites (tertiary alicyclic amines) is 1. The zero-order valence-corrected chi connectivity index (χ0v) is 14.2. The molecule has 0 radical (unpaired) electrons. The third-order valence-electron chi connectivity index (χ3n) is 4.26. The molecule has 0 saturated carbocycles. The molecule has 1 aromatic heterocycles. The van der Waals surface area contributed by atoms with Crippen molar-refractivity contribution in [3.05, 3.63) is 20.8 Å². The normalized spacial score (nSPS) is 19.6. The van der Waals surface area contributed by atoms with Crippen molar-refractivity contribution < 1.29 is 0 Å². The Balaban J connectivity index is 2.06. The van der Waals surface area contributed by atoms with Gasteiger partial charge in [0.25, 0.3) is 0 Å². The Labute approximate surface area is 128 Å². The Kier molecular flexibility index (Phi) is 5.43. The lowest BCUT2D eigenvalue weighted by Crippen LogP contribution is -2.61. The zero-order valence-electron chi connectivity index (χ0n) is 11.8. The minimum absolute atomic E-state index is 0.0889. The largest absolute Gasteiger partial charge is 0.297 e. The van der Waals surface area contributed by atoms with Gasteiger partial charge in [-0.25, -0.2) is 0 Å². The SMILES string of the molecule is CC(C)(C(Cc1ccc(Br)s1)NN)N1CCCCC1. The van der Waals surface area contributed by atoms with Crippen LogP contribution in [0, 0.1) is 0 Å². The van der Waals surface area contributed by atoms with Crippen LogP contribution >= 0.6 is 27.3 Å². The Bertz CT molecular complexity index is 399. The van der Waals surface area contributed by atoms with E-state index in [2.05, 4.69) is 52.2 Å². The highest BCUT2D eigenvalue weighted by Crippen LogP contribution is 2.29. The van der Waals surface area contributed by atoms with Crippen molar-refractivity contribution in [1.29, 1.82) is 0 Å². The molecular weight excluding hydrogens is 322 g/mol. The van der Waals surface area contributed by atoms with Crippen LogP contribution in [0.15, 0.2) is 15.9 Å². The Morgan fingerprint density at radius 1 is 1.37 bits per heavy atom. The van der Waals surface area contributed by atoms with Crippen molar-refractivity contribution in [3.8, 4) is 0 Å². The summed E-state index contributed by atoms with van der Waals surface area (Å²) in [7, 11) is 0. The van der Waals surface area contributed by atoms with Crippen molar-refractivity contribution in [1.82, 2.24) is 10.3 Å². The van der Waals surface area contributed by atoms with Gasteiger partial charge < -0.3 is 0 Å². The van der Waals surface area contributed by atoms with E-state index in [9.17, 15) is 0 Å². The summed E-state index contributed by atoms with van der Waals surface area (Å²) in [4.78, 5) is 3.96. The third kappa shape index (κ3) is 3.79. The van der Waals surface area contributed by atoms with Gasteiger partial charge in [0.15, 0.2) is 0 Å². The number of rotatable bonds is 5. The smallest absolute Gasteiger partial charge is 0.0701 e. The number of hydrogen-bond acceptors (Lipinski definition) is 4. The van der Waals surface area contributed by atoms with E-state index >= 15 is 0 Å². The summed E-state index contributed by atoms with van der Waals surface area (Å²) in [6, 6.07) is 4.57. The fraction of sp³-hybridized carbons (Fsp3) is 0.714. The molecule has 3 N–H and O–H groups in total. The Hall–Kier alpha value is 0.0600. The van der Waals surface area contributed by atoms with Gasteiger partial charge >= 0.3 is 0 Å². The number of hydrazine groups is 1. The van der Waals surface area contributed by atoms with Crippen molar-refractivity contribution in [2.75, 3.05) is 13.1 Å². The van der Waals surface area contributed by atoms with Crippen LogP contribution in [0.1, 0.15) is 38.0 Å². The van der Waals surface area contributed by atoms with E-state index in [1.54, 1.807) is 11.3 Å². The summed E-state index contributed by atoms with van der Waals surface area (Å²) in [5, 5.41) is 0. The predicted octanol–water partition coefficient (Wildman–Crippen LogP) is 3.15. The van der Waals surface area contributed by atoms with E-state index in [0.29, 0.717) is 0 Å². The molecule has 2 heterocycles. The highest BCUT2D eigenvalue weighted by Gasteiger charge is 2.35. The first kappa shape index (κ1) is 15.4. The van der Waals surface area contributed by atoms with Crippen molar-refractivity contribution >= 4 is 27.3 Å². The molecule has 0 amide bonds. The molecule has 0 bridgehead atoms. The van der Waals surface area contributed by atoms with Crippen LogP contribution < -0.4 is 11.3 Å². The molecule has 0 aromatic carbocycles. The second-order valence-electron chi connectivity index (χ2n) is 5.83. The summed E-state index contributed by atoms with van der Waals surface area (Å²) in [6.07, 6.45) is 4.97. The van der Waals surface area contributed by atoms with Crippen molar-refractivity contribution in [3.63, 3.8) is 0 Å². The summed E-state index contributed by atoms with van der Waals surface area (Å²) in [5.41, 5.74) is 3.14. The number of thiophene rings is 1. The van der Waals surface area contributed by atoms with Gasteiger partial charge in [0.2, 0.25) is 0 Å². The first-order valence-electron chi connectivity index (χ1n) is 6.99.